The van der Waals surface area contributed by atoms with Gasteiger partial charge in [-0.3, -0.25) is 0 Å². The third-order valence-corrected chi connectivity index (χ3v) is 3.11. The largest absolute Gasteiger partial charge is 0.361 e. The molecule has 106 valence electrons. The summed E-state index contributed by atoms with van der Waals surface area (Å²) in [5.41, 5.74) is 3.04. The second kappa shape index (κ2) is 6.23. The van der Waals surface area contributed by atoms with E-state index in [9.17, 15) is 4.79 Å². The molecule has 0 bridgehead atoms. The monoisotopic (exact) mass is 273 g/mol. The van der Waals surface area contributed by atoms with Crippen LogP contribution in [-0.2, 0) is 13.1 Å². The van der Waals surface area contributed by atoms with Crippen LogP contribution in [0.4, 0.5) is 4.79 Å². The molecule has 0 spiro atoms. The van der Waals surface area contributed by atoms with Crippen LogP contribution in [0.2, 0.25) is 0 Å². The number of hydrogen-bond acceptors (Lipinski definition) is 3. The molecule has 0 fully saturated rings. The van der Waals surface area contributed by atoms with Crippen molar-refractivity contribution in [3.05, 3.63) is 52.9 Å². The Hall–Kier alpha value is -2.30. The van der Waals surface area contributed by atoms with Gasteiger partial charge >= 0.3 is 6.03 Å². The summed E-state index contributed by atoms with van der Waals surface area (Å²) in [6, 6.07) is 9.72. The van der Waals surface area contributed by atoms with E-state index in [-0.39, 0.29) is 6.03 Å². The fraction of sp³-hybridized carbons (Fsp3) is 0.333. The van der Waals surface area contributed by atoms with E-state index in [0.29, 0.717) is 13.1 Å². The van der Waals surface area contributed by atoms with Crippen molar-refractivity contribution < 1.29 is 9.32 Å². The van der Waals surface area contributed by atoms with Crippen LogP contribution in [0.15, 0.2) is 34.9 Å². The van der Waals surface area contributed by atoms with Crippen molar-refractivity contribution in [1.29, 1.82) is 0 Å². The molecule has 0 saturated heterocycles. The van der Waals surface area contributed by atoms with Gasteiger partial charge in [0, 0.05) is 19.7 Å². The lowest BCUT2D eigenvalue weighted by molar-refractivity contribution is 0.206. The van der Waals surface area contributed by atoms with Gasteiger partial charge in [0.25, 0.3) is 0 Å². The maximum absolute atomic E-state index is 12.0. The first-order chi connectivity index (χ1) is 9.56. The molecule has 0 radical (unpaired) electrons. The lowest BCUT2D eigenvalue weighted by Crippen LogP contribution is -2.36. The Bertz CT molecular complexity index is 592. The Kier molecular flexibility index (Phi) is 4.40. The fourth-order valence-electron chi connectivity index (χ4n) is 1.92. The Morgan fingerprint density at radius 3 is 2.75 bits per heavy atom. The van der Waals surface area contributed by atoms with E-state index in [1.54, 1.807) is 11.9 Å². The smallest absolute Gasteiger partial charge is 0.317 e. The molecule has 0 aliphatic rings. The van der Waals surface area contributed by atoms with Crippen molar-refractivity contribution in [3.8, 4) is 0 Å². The highest BCUT2D eigenvalue weighted by atomic mass is 16.5. The van der Waals surface area contributed by atoms with Crippen LogP contribution < -0.4 is 5.32 Å². The molecule has 0 aliphatic heterocycles. The van der Waals surface area contributed by atoms with Crippen molar-refractivity contribution in [3.63, 3.8) is 0 Å². The first-order valence-electron chi connectivity index (χ1n) is 6.52. The number of amides is 2. The molecule has 2 aromatic rings. The number of rotatable bonds is 4. The van der Waals surface area contributed by atoms with Gasteiger partial charge in [0.05, 0.1) is 6.54 Å². The van der Waals surface area contributed by atoms with Gasteiger partial charge in [-0.2, -0.15) is 0 Å². The van der Waals surface area contributed by atoms with Gasteiger partial charge in [-0.25, -0.2) is 4.79 Å². The molecular formula is C15H19N3O2. The molecule has 1 N–H and O–H groups in total. The zero-order chi connectivity index (χ0) is 14.5. The molecule has 1 aromatic heterocycles. The zero-order valence-electron chi connectivity index (χ0n) is 12.0. The lowest BCUT2D eigenvalue weighted by atomic mass is 10.1. The van der Waals surface area contributed by atoms with Crippen molar-refractivity contribution in [2.75, 3.05) is 7.05 Å². The van der Waals surface area contributed by atoms with Gasteiger partial charge in [0.1, 0.15) is 11.5 Å². The number of carbonyl (C=O) groups is 1. The predicted octanol–water partition coefficient (Wildman–Crippen LogP) is 2.63. The molecule has 1 aromatic carbocycles. The molecule has 0 atom stereocenters. The summed E-state index contributed by atoms with van der Waals surface area (Å²) in [5.74, 6) is 0.738. The SMILES string of the molecule is Cc1cc(CNC(=O)N(C)Cc2ccccc2C)no1. The highest BCUT2D eigenvalue weighted by Crippen LogP contribution is 2.09. The highest BCUT2D eigenvalue weighted by Gasteiger charge is 2.10. The maximum Gasteiger partial charge on any atom is 0.317 e. The molecule has 5 heteroatoms. The zero-order valence-corrected chi connectivity index (χ0v) is 12.0. The van der Waals surface area contributed by atoms with E-state index >= 15 is 0 Å². The Labute approximate surface area is 118 Å². The summed E-state index contributed by atoms with van der Waals surface area (Å²) in [4.78, 5) is 13.6. The Balaban J connectivity index is 1.87. The molecule has 5 nitrogen and oxygen atoms in total. The number of aromatic nitrogens is 1. The van der Waals surface area contributed by atoms with Crippen molar-refractivity contribution in [2.24, 2.45) is 0 Å². The van der Waals surface area contributed by atoms with Crippen LogP contribution >= 0.6 is 0 Å². The maximum atomic E-state index is 12.0. The highest BCUT2D eigenvalue weighted by molar-refractivity contribution is 5.73. The number of benzene rings is 1. The standard InChI is InChI=1S/C15H19N3O2/c1-11-6-4-5-7-13(11)10-18(3)15(19)16-9-14-8-12(2)20-17-14/h4-8H,9-10H2,1-3H3,(H,16,19). The summed E-state index contributed by atoms with van der Waals surface area (Å²) in [7, 11) is 1.77. The molecule has 2 amide bonds. The summed E-state index contributed by atoms with van der Waals surface area (Å²) < 4.78 is 4.95. The van der Waals surface area contributed by atoms with Gasteiger partial charge in [0.15, 0.2) is 0 Å². The fourth-order valence-corrected chi connectivity index (χ4v) is 1.92. The first kappa shape index (κ1) is 14.1. The van der Waals surface area contributed by atoms with Crippen molar-refractivity contribution >= 4 is 6.03 Å². The molecule has 0 aliphatic carbocycles. The molecular weight excluding hydrogens is 254 g/mol. The van der Waals surface area contributed by atoms with Gasteiger partial charge in [-0.05, 0) is 25.0 Å². The number of urea groups is 1. The second-order valence-electron chi connectivity index (χ2n) is 4.87. The Morgan fingerprint density at radius 2 is 2.10 bits per heavy atom. The number of nitrogens with zero attached hydrogens (tertiary/aromatic N) is 2. The van der Waals surface area contributed by atoms with E-state index in [1.165, 1.54) is 5.56 Å². The minimum absolute atomic E-state index is 0.131. The van der Waals surface area contributed by atoms with Gasteiger partial charge in [-0.15, -0.1) is 0 Å². The van der Waals surface area contributed by atoms with E-state index < -0.39 is 0 Å². The average molecular weight is 273 g/mol. The minimum atomic E-state index is -0.131. The van der Waals surface area contributed by atoms with E-state index in [4.69, 9.17) is 4.52 Å². The van der Waals surface area contributed by atoms with Crippen LogP contribution in [0.25, 0.3) is 0 Å². The average Bonchev–Trinajstić information content (AvgIpc) is 2.84. The second-order valence-corrected chi connectivity index (χ2v) is 4.87. The molecule has 20 heavy (non-hydrogen) atoms. The molecule has 1 heterocycles. The predicted molar refractivity (Wildman–Crippen MR) is 76.1 cm³/mol. The topological polar surface area (TPSA) is 58.4 Å². The van der Waals surface area contributed by atoms with Gasteiger partial charge in [0.2, 0.25) is 0 Å². The van der Waals surface area contributed by atoms with E-state index in [1.807, 2.05) is 44.2 Å². The third-order valence-electron chi connectivity index (χ3n) is 3.11. The normalized spacial score (nSPS) is 10.3. The number of hydrogen-bond donors (Lipinski definition) is 1. The quantitative estimate of drug-likeness (QED) is 0.931. The minimum Gasteiger partial charge on any atom is -0.361 e. The van der Waals surface area contributed by atoms with Crippen LogP contribution in [-0.4, -0.2) is 23.1 Å². The summed E-state index contributed by atoms with van der Waals surface area (Å²) in [6.07, 6.45) is 0. The third kappa shape index (κ3) is 3.60. The van der Waals surface area contributed by atoms with E-state index in [2.05, 4.69) is 10.5 Å². The number of carbonyl (C=O) groups excluding carboxylic acids is 1. The Morgan fingerprint density at radius 1 is 1.35 bits per heavy atom. The van der Waals surface area contributed by atoms with Crippen LogP contribution in [0, 0.1) is 13.8 Å². The number of aryl methyl sites for hydroxylation is 2. The van der Waals surface area contributed by atoms with Crippen LogP contribution in [0.1, 0.15) is 22.6 Å². The van der Waals surface area contributed by atoms with Gasteiger partial charge in [-0.1, -0.05) is 29.4 Å². The summed E-state index contributed by atoms with van der Waals surface area (Å²) in [6.45, 7) is 4.81. The lowest BCUT2D eigenvalue weighted by Gasteiger charge is -2.18. The molecule has 0 saturated carbocycles. The van der Waals surface area contributed by atoms with Crippen molar-refractivity contribution in [2.45, 2.75) is 26.9 Å². The van der Waals surface area contributed by atoms with Crippen LogP contribution in [0.3, 0.4) is 0 Å². The molecule has 0 unspecified atom stereocenters. The van der Waals surface area contributed by atoms with E-state index in [0.717, 1.165) is 17.0 Å². The number of nitrogens with one attached hydrogen (secondary N) is 1. The van der Waals surface area contributed by atoms with Crippen LogP contribution in [0.5, 0.6) is 0 Å². The van der Waals surface area contributed by atoms with Crippen molar-refractivity contribution in [1.82, 2.24) is 15.4 Å². The first-order valence-corrected chi connectivity index (χ1v) is 6.52. The molecule has 2 rings (SSSR count). The summed E-state index contributed by atoms with van der Waals surface area (Å²) >= 11 is 0. The summed E-state index contributed by atoms with van der Waals surface area (Å²) in [5, 5.41) is 6.65. The van der Waals surface area contributed by atoms with Gasteiger partial charge < -0.3 is 14.7 Å².